The van der Waals surface area contributed by atoms with Crippen LogP contribution in [0, 0.1) is 12.8 Å². The van der Waals surface area contributed by atoms with Gasteiger partial charge < -0.3 is 11.1 Å². The summed E-state index contributed by atoms with van der Waals surface area (Å²) in [6.07, 6.45) is 6.95. The quantitative estimate of drug-likeness (QED) is 0.774. The van der Waals surface area contributed by atoms with Crippen LogP contribution in [0.5, 0.6) is 0 Å². The fraction of sp³-hybridized carbons (Fsp3) is 0.600. The summed E-state index contributed by atoms with van der Waals surface area (Å²) in [5, 5.41) is 3.64. The molecule has 1 aromatic rings. The summed E-state index contributed by atoms with van der Waals surface area (Å²) < 4.78 is 0. The van der Waals surface area contributed by atoms with Crippen LogP contribution in [-0.2, 0) is 0 Å². The van der Waals surface area contributed by atoms with Gasteiger partial charge in [0.15, 0.2) is 0 Å². The second-order valence-electron chi connectivity index (χ2n) is 5.41. The van der Waals surface area contributed by atoms with Crippen molar-refractivity contribution < 1.29 is 0 Å². The van der Waals surface area contributed by atoms with Gasteiger partial charge in [-0.05, 0) is 50.3 Å². The van der Waals surface area contributed by atoms with E-state index >= 15 is 0 Å². The molecular weight excluding hydrogens is 208 g/mol. The molecule has 0 spiro atoms. The fourth-order valence-corrected chi connectivity index (χ4v) is 2.79. The first kappa shape index (κ1) is 12.3. The lowest BCUT2D eigenvalue weighted by Crippen LogP contribution is -2.28. The molecule has 3 N–H and O–H groups in total. The van der Waals surface area contributed by atoms with E-state index in [1.807, 2.05) is 6.07 Å². The lowest BCUT2D eigenvalue weighted by molar-refractivity contribution is 0.328. The molecule has 0 bridgehead atoms. The van der Waals surface area contributed by atoms with Gasteiger partial charge in [-0.2, -0.15) is 0 Å². The molecule has 1 aliphatic rings. The molecule has 0 heterocycles. The Balaban J connectivity index is 2.01. The third-order valence-electron chi connectivity index (χ3n) is 4.00. The van der Waals surface area contributed by atoms with Crippen molar-refractivity contribution in [2.75, 3.05) is 11.1 Å². The van der Waals surface area contributed by atoms with Crippen molar-refractivity contribution >= 4 is 11.4 Å². The lowest BCUT2D eigenvalue weighted by Gasteiger charge is -2.29. The minimum Gasteiger partial charge on any atom is -0.399 e. The van der Waals surface area contributed by atoms with Crippen LogP contribution in [-0.4, -0.2) is 6.04 Å². The zero-order valence-electron chi connectivity index (χ0n) is 11.0. The Morgan fingerprint density at radius 1 is 1.24 bits per heavy atom. The van der Waals surface area contributed by atoms with Gasteiger partial charge in [0, 0.05) is 17.4 Å². The molecule has 0 aliphatic heterocycles. The third-order valence-corrected chi connectivity index (χ3v) is 4.00. The maximum Gasteiger partial charge on any atom is 0.0392 e. The normalized spacial score (nSPS) is 18.9. The molecule has 94 valence electrons. The molecule has 2 nitrogen and oxygen atoms in total. The van der Waals surface area contributed by atoms with Crippen LogP contribution in [0.25, 0.3) is 0 Å². The molecule has 1 aromatic carbocycles. The highest BCUT2D eigenvalue weighted by atomic mass is 14.9. The van der Waals surface area contributed by atoms with Crippen molar-refractivity contribution in [3.8, 4) is 0 Å². The Hall–Kier alpha value is -1.18. The smallest absolute Gasteiger partial charge is 0.0392 e. The lowest BCUT2D eigenvalue weighted by atomic mass is 9.84. The number of benzene rings is 1. The third kappa shape index (κ3) is 3.15. The molecule has 2 rings (SSSR count). The standard InChI is InChI=1S/C15H24N2/c1-11-8-9-14(16)10-15(11)17-12(2)13-6-4-3-5-7-13/h8-10,12-13,17H,3-7,16H2,1-2H3. The van der Waals surface area contributed by atoms with Gasteiger partial charge in [0.1, 0.15) is 0 Å². The van der Waals surface area contributed by atoms with Gasteiger partial charge in [0.25, 0.3) is 0 Å². The van der Waals surface area contributed by atoms with Crippen LogP contribution in [0.3, 0.4) is 0 Å². The Bertz CT molecular complexity index is 367. The van der Waals surface area contributed by atoms with Crippen molar-refractivity contribution in [1.82, 2.24) is 0 Å². The predicted octanol–water partition coefficient (Wildman–Crippen LogP) is 3.96. The van der Waals surface area contributed by atoms with Crippen LogP contribution in [0.15, 0.2) is 18.2 Å². The van der Waals surface area contributed by atoms with E-state index in [0.29, 0.717) is 6.04 Å². The van der Waals surface area contributed by atoms with E-state index in [1.54, 1.807) is 0 Å². The molecule has 0 saturated heterocycles. The Morgan fingerprint density at radius 2 is 1.94 bits per heavy atom. The molecule has 2 heteroatoms. The summed E-state index contributed by atoms with van der Waals surface area (Å²) in [7, 11) is 0. The molecule has 0 radical (unpaired) electrons. The molecule has 0 amide bonds. The van der Waals surface area contributed by atoms with Crippen molar-refractivity contribution in [3.63, 3.8) is 0 Å². The highest BCUT2D eigenvalue weighted by Crippen LogP contribution is 2.29. The molecular formula is C15H24N2. The van der Waals surface area contributed by atoms with E-state index in [-0.39, 0.29) is 0 Å². The average Bonchev–Trinajstić information content (AvgIpc) is 2.35. The zero-order chi connectivity index (χ0) is 12.3. The van der Waals surface area contributed by atoms with E-state index in [2.05, 4.69) is 31.3 Å². The molecule has 1 fully saturated rings. The summed E-state index contributed by atoms with van der Waals surface area (Å²) >= 11 is 0. The number of anilines is 2. The summed E-state index contributed by atoms with van der Waals surface area (Å²) in [4.78, 5) is 0. The summed E-state index contributed by atoms with van der Waals surface area (Å²) in [5.74, 6) is 0.824. The average molecular weight is 232 g/mol. The number of rotatable bonds is 3. The van der Waals surface area contributed by atoms with Crippen molar-refractivity contribution in [2.24, 2.45) is 5.92 Å². The van der Waals surface area contributed by atoms with Crippen molar-refractivity contribution in [1.29, 1.82) is 0 Å². The highest BCUT2D eigenvalue weighted by molar-refractivity contribution is 5.59. The zero-order valence-corrected chi connectivity index (χ0v) is 11.0. The monoisotopic (exact) mass is 232 g/mol. The van der Waals surface area contributed by atoms with E-state index in [1.165, 1.54) is 43.4 Å². The van der Waals surface area contributed by atoms with Gasteiger partial charge in [0.2, 0.25) is 0 Å². The molecule has 17 heavy (non-hydrogen) atoms. The second-order valence-corrected chi connectivity index (χ2v) is 5.41. The van der Waals surface area contributed by atoms with E-state index in [0.717, 1.165) is 11.6 Å². The van der Waals surface area contributed by atoms with Gasteiger partial charge in [-0.1, -0.05) is 25.3 Å². The minimum atomic E-state index is 0.552. The van der Waals surface area contributed by atoms with Gasteiger partial charge >= 0.3 is 0 Å². The maximum atomic E-state index is 5.84. The SMILES string of the molecule is Cc1ccc(N)cc1NC(C)C1CCCCC1. The molecule has 1 aliphatic carbocycles. The first-order valence-electron chi connectivity index (χ1n) is 6.79. The van der Waals surface area contributed by atoms with Gasteiger partial charge in [0.05, 0.1) is 0 Å². The van der Waals surface area contributed by atoms with Crippen LogP contribution >= 0.6 is 0 Å². The van der Waals surface area contributed by atoms with Gasteiger partial charge in [-0.25, -0.2) is 0 Å². The van der Waals surface area contributed by atoms with E-state index in [4.69, 9.17) is 5.73 Å². The largest absolute Gasteiger partial charge is 0.399 e. The van der Waals surface area contributed by atoms with Crippen molar-refractivity contribution in [3.05, 3.63) is 23.8 Å². The summed E-state index contributed by atoms with van der Waals surface area (Å²) in [6, 6.07) is 6.65. The van der Waals surface area contributed by atoms with Crippen LogP contribution in [0.2, 0.25) is 0 Å². The second kappa shape index (κ2) is 5.44. The number of nitrogens with one attached hydrogen (secondary N) is 1. The van der Waals surface area contributed by atoms with Crippen LogP contribution in [0.1, 0.15) is 44.6 Å². The topological polar surface area (TPSA) is 38.0 Å². The Labute approximate surface area is 105 Å². The molecule has 1 unspecified atom stereocenters. The van der Waals surface area contributed by atoms with E-state index in [9.17, 15) is 0 Å². The number of nitrogens with two attached hydrogens (primary N) is 1. The van der Waals surface area contributed by atoms with Gasteiger partial charge in [-0.3, -0.25) is 0 Å². The molecule has 0 aromatic heterocycles. The van der Waals surface area contributed by atoms with Crippen LogP contribution < -0.4 is 11.1 Å². The Morgan fingerprint density at radius 3 is 2.65 bits per heavy atom. The Kier molecular flexibility index (Phi) is 3.93. The minimum absolute atomic E-state index is 0.552. The number of hydrogen-bond acceptors (Lipinski definition) is 2. The molecule has 1 saturated carbocycles. The maximum absolute atomic E-state index is 5.84. The number of aryl methyl sites for hydroxylation is 1. The first-order valence-corrected chi connectivity index (χ1v) is 6.79. The summed E-state index contributed by atoms with van der Waals surface area (Å²) in [5.41, 5.74) is 9.16. The van der Waals surface area contributed by atoms with Crippen LogP contribution in [0.4, 0.5) is 11.4 Å². The first-order chi connectivity index (χ1) is 8.16. The van der Waals surface area contributed by atoms with Gasteiger partial charge in [-0.15, -0.1) is 0 Å². The van der Waals surface area contributed by atoms with E-state index < -0.39 is 0 Å². The number of nitrogen functional groups attached to an aromatic ring is 1. The number of hydrogen-bond donors (Lipinski definition) is 2. The highest BCUT2D eigenvalue weighted by Gasteiger charge is 2.20. The van der Waals surface area contributed by atoms with Crippen molar-refractivity contribution in [2.45, 2.75) is 52.0 Å². The fourth-order valence-electron chi connectivity index (χ4n) is 2.79. The predicted molar refractivity (Wildman–Crippen MR) is 75.3 cm³/mol. The summed E-state index contributed by atoms with van der Waals surface area (Å²) in [6.45, 7) is 4.44. The molecule has 1 atom stereocenters.